The molecule has 1 saturated heterocycles. The van der Waals surface area contributed by atoms with Crippen molar-refractivity contribution >= 4 is 40.6 Å². The second kappa shape index (κ2) is 9.05. The molecule has 1 fully saturated rings. The summed E-state index contributed by atoms with van der Waals surface area (Å²) in [4.78, 5) is 24.7. The van der Waals surface area contributed by atoms with Gasteiger partial charge in [0.1, 0.15) is 5.92 Å². The van der Waals surface area contributed by atoms with E-state index in [0.717, 1.165) is 5.56 Å². The molecular weight excluding hydrogens is 473 g/mol. The molecule has 0 unspecified atom stereocenters. The fourth-order valence-electron chi connectivity index (χ4n) is 3.11. The number of carbonyl (C=O) groups is 2. The van der Waals surface area contributed by atoms with Gasteiger partial charge in [-0.2, -0.15) is 5.10 Å². The zero-order valence-electron chi connectivity index (χ0n) is 15.2. The number of ether oxygens (including phenoxy) is 1. The van der Waals surface area contributed by atoms with Crippen molar-refractivity contribution in [3.05, 3.63) is 57.2 Å². The molecule has 3 N–H and O–H groups in total. The molecule has 8 heteroatoms. The lowest BCUT2D eigenvalue weighted by atomic mass is 9.88. The minimum atomic E-state index is -0.835. The predicted octanol–water partition coefficient (Wildman–Crippen LogP) is 2.38. The summed E-state index contributed by atoms with van der Waals surface area (Å²) in [5.41, 5.74) is 4.04. The summed E-state index contributed by atoms with van der Waals surface area (Å²) >= 11 is 1.99. The number of rotatable bonds is 6. The molecule has 2 amide bonds. The van der Waals surface area contributed by atoms with Crippen LogP contribution in [0.5, 0.6) is 11.5 Å². The second-order valence-electron chi connectivity index (χ2n) is 6.26. The standard InChI is InChI=1S/C20H20IN3O4/c1-2-28-16-9-12(8-15(21)18(16)25)10-23-24-20(27)17-14(11-22-19(17)26)13-6-4-3-5-7-13/h3-10,14,17,25H,2,11H2,1H3,(H,22,26)(H,24,27)/b23-10+/t14-,17+/m1/s1. The maximum atomic E-state index is 12.6. The first-order valence-electron chi connectivity index (χ1n) is 8.82. The maximum Gasteiger partial charge on any atom is 0.253 e. The Hall–Kier alpha value is -2.62. The van der Waals surface area contributed by atoms with Crippen LogP contribution in [0.3, 0.4) is 0 Å². The molecule has 2 atom stereocenters. The van der Waals surface area contributed by atoms with Crippen LogP contribution in [0, 0.1) is 9.49 Å². The highest BCUT2D eigenvalue weighted by Gasteiger charge is 2.40. The molecule has 0 aliphatic carbocycles. The largest absolute Gasteiger partial charge is 0.504 e. The van der Waals surface area contributed by atoms with Gasteiger partial charge in [0.05, 0.1) is 16.4 Å². The van der Waals surface area contributed by atoms with Crippen LogP contribution < -0.4 is 15.5 Å². The molecule has 1 heterocycles. The first kappa shape index (κ1) is 20.1. The molecule has 1 aliphatic rings. The van der Waals surface area contributed by atoms with Crippen molar-refractivity contribution in [3.63, 3.8) is 0 Å². The Morgan fingerprint density at radius 3 is 2.86 bits per heavy atom. The van der Waals surface area contributed by atoms with Gasteiger partial charge < -0.3 is 15.2 Å². The summed E-state index contributed by atoms with van der Waals surface area (Å²) in [5, 5.41) is 16.7. The molecule has 0 saturated carbocycles. The quantitative estimate of drug-likeness (QED) is 0.249. The van der Waals surface area contributed by atoms with Crippen LogP contribution in [0.25, 0.3) is 0 Å². The Morgan fingerprint density at radius 2 is 2.14 bits per heavy atom. The van der Waals surface area contributed by atoms with Crippen molar-refractivity contribution in [2.45, 2.75) is 12.8 Å². The number of hydrazone groups is 1. The number of halogens is 1. The van der Waals surface area contributed by atoms with Gasteiger partial charge in [-0.3, -0.25) is 9.59 Å². The van der Waals surface area contributed by atoms with Gasteiger partial charge in [-0.05, 0) is 52.8 Å². The molecule has 2 aromatic rings. The topological polar surface area (TPSA) is 100 Å². The molecule has 7 nitrogen and oxygen atoms in total. The third-order valence-electron chi connectivity index (χ3n) is 4.43. The van der Waals surface area contributed by atoms with E-state index in [1.807, 2.05) is 59.8 Å². The summed E-state index contributed by atoms with van der Waals surface area (Å²) in [6.07, 6.45) is 1.45. The molecule has 0 radical (unpaired) electrons. The average molecular weight is 493 g/mol. The minimum absolute atomic E-state index is 0.0666. The fourth-order valence-corrected chi connectivity index (χ4v) is 3.73. The zero-order valence-corrected chi connectivity index (χ0v) is 17.3. The lowest BCUT2D eigenvalue weighted by Crippen LogP contribution is -2.34. The Kier molecular flexibility index (Phi) is 6.50. The Bertz CT molecular complexity index is 902. The molecule has 0 aromatic heterocycles. The number of phenolic OH excluding ortho intramolecular Hbond substituents is 1. The van der Waals surface area contributed by atoms with Crippen molar-refractivity contribution in [3.8, 4) is 11.5 Å². The summed E-state index contributed by atoms with van der Waals surface area (Å²) in [6, 6.07) is 12.8. The molecule has 1 aliphatic heterocycles. The smallest absolute Gasteiger partial charge is 0.253 e. The Morgan fingerprint density at radius 1 is 1.39 bits per heavy atom. The summed E-state index contributed by atoms with van der Waals surface area (Å²) in [7, 11) is 0. The molecule has 146 valence electrons. The van der Waals surface area contributed by atoms with Gasteiger partial charge in [0.2, 0.25) is 5.91 Å². The van der Waals surface area contributed by atoms with Gasteiger partial charge in [0.25, 0.3) is 5.91 Å². The zero-order chi connectivity index (χ0) is 20.1. The first-order valence-corrected chi connectivity index (χ1v) is 9.90. The van der Waals surface area contributed by atoms with E-state index >= 15 is 0 Å². The third kappa shape index (κ3) is 4.44. The number of benzene rings is 2. The van der Waals surface area contributed by atoms with E-state index in [2.05, 4.69) is 15.8 Å². The van der Waals surface area contributed by atoms with E-state index in [1.54, 1.807) is 12.1 Å². The number of phenols is 1. The van der Waals surface area contributed by atoms with Crippen LogP contribution in [-0.4, -0.2) is 36.3 Å². The van der Waals surface area contributed by atoms with Gasteiger partial charge in [0.15, 0.2) is 11.5 Å². The summed E-state index contributed by atoms with van der Waals surface area (Å²) in [6.45, 7) is 2.65. The Balaban J connectivity index is 1.72. The molecule has 0 spiro atoms. The lowest BCUT2D eigenvalue weighted by Gasteiger charge is -2.15. The average Bonchev–Trinajstić information content (AvgIpc) is 3.08. The van der Waals surface area contributed by atoms with Gasteiger partial charge in [0, 0.05) is 12.5 Å². The van der Waals surface area contributed by atoms with E-state index in [1.165, 1.54) is 6.21 Å². The highest BCUT2D eigenvalue weighted by molar-refractivity contribution is 14.1. The van der Waals surface area contributed by atoms with E-state index in [4.69, 9.17) is 4.74 Å². The van der Waals surface area contributed by atoms with Crippen molar-refractivity contribution in [2.75, 3.05) is 13.2 Å². The van der Waals surface area contributed by atoms with E-state index in [-0.39, 0.29) is 17.6 Å². The molecular formula is C20H20IN3O4. The summed E-state index contributed by atoms with van der Waals surface area (Å²) < 4.78 is 5.99. The molecule has 0 bridgehead atoms. The van der Waals surface area contributed by atoms with Crippen LogP contribution in [0.4, 0.5) is 0 Å². The van der Waals surface area contributed by atoms with Crippen LogP contribution in [0.2, 0.25) is 0 Å². The fraction of sp³-hybridized carbons (Fsp3) is 0.250. The van der Waals surface area contributed by atoms with Gasteiger partial charge >= 0.3 is 0 Å². The number of nitrogens with zero attached hydrogens (tertiary/aromatic N) is 1. The normalized spacial score (nSPS) is 18.9. The molecule has 28 heavy (non-hydrogen) atoms. The monoisotopic (exact) mass is 493 g/mol. The van der Waals surface area contributed by atoms with E-state index in [9.17, 15) is 14.7 Å². The highest BCUT2D eigenvalue weighted by atomic mass is 127. The van der Waals surface area contributed by atoms with Gasteiger partial charge in [-0.25, -0.2) is 5.43 Å². The molecule has 2 aromatic carbocycles. The summed E-state index contributed by atoms with van der Waals surface area (Å²) in [5.74, 6) is -1.42. The van der Waals surface area contributed by atoms with E-state index < -0.39 is 11.8 Å². The van der Waals surface area contributed by atoms with E-state index in [0.29, 0.717) is 28.0 Å². The van der Waals surface area contributed by atoms with Crippen LogP contribution in [0.15, 0.2) is 47.6 Å². The highest BCUT2D eigenvalue weighted by Crippen LogP contribution is 2.32. The number of hydrogen-bond donors (Lipinski definition) is 3. The van der Waals surface area contributed by atoms with Crippen molar-refractivity contribution < 1.29 is 19.4 Å². The number of hydrogen-bond acceptors (Lipinski definition) is 5. The SMILES string of the molecule is CCOc1cc(/C=N/NC(=O)[C@@H]2C(=O)NC[C@@H]2c2ccccc2)cc(I)c1O. The number of carbonyl (C=O) groups excluding carboxylic acids is 2. The third-order valence-corrected chi connectivity index (χ3v) is 5.25. The Labute approximate surface area is 176 Å². The lowest BCUT2D eigenvalue weighted by molar-refractivity contribution is -0.133. The van der Waals surface area contributed by atoms with Crippen molar-refractivity contribution in [1.82, 2.24) is 10.7 Å². The number of aromatic hydroxyl groups is 1. The second-order valence-corrected chi connectivity index (χ2v) is 7.42. The van der Waals surface area contributed by atoms with Gasteiger partial charge in [-0.1, -0.05) is 30.3 Å². The van der Waals surface area contributed by atoms with Crippen molar-refractivity contribution in [1.29, 1.82) is 0 Å². The van der Waals surface area contributed by atoms with Crippen LogP contribution in [0.1, 0.15) is 24.0 Å². The predicted molar refractivity (Wildman–Crippen MR) is 113 cm³/mol. The minimum Gasteiger partial charge on any atom is -0.504 e. The maximum absolute atomic E-state index is 12.6. The number of amides is 2. The van der Waals surface area contributed by atoms with Crippen LogP contribution >= 0.6 is 22.6 Å². The van der Waals surface area contributed by atoms with Crippen molar-refractivity contribution in [2.24, 2.45) is 11.0 Å². The van der Waals surface area contributed by atoms with Crippen LogP contribution in [-0.2, 0) is 9.59 Å². The van der Waals surface area contributed by atoms with Gasteiger partial charge in [-0.15, -0.1) is 0 Å². The molecule has 3 rings (SSSR count). The number of nitrogens with one attached hydrogen (secondary N) is 2. The first-order chi connectivity index (χ1) is 13.5.